The molecule has 3 amide bonds. The number of aliphatic hydroxyl groups excluding tert-OH is 1. The summed E-state index contributed by atoms with van der Waals surface area (Å²) in [6.07, 6.45) is 3.35. The van der Waals surface area contributed by atoms with E-state index in [0.717, 1.165) is 11.4 Å². The van der Waals surface area contributed by atoms with Crippen LogP contribution in [0.25, 0.3) is 0 Å². The van der Waals surface area contributed by atoms with Crippen molar-refractivity contribution in [3.63, 3.8) is 0 Å². The lowest BCUT2D eigenvalue weighted by Gasteiger charge is -2.23. The van der Waals surface area contributed by atoms with Crippen LogP contribution in [0.5, 0.6) is 0 Å². The molecule has 0 fully saturated rings. The first kappa shape index (κ1) is 24.2. The minimum atomic E-state index is -0.415. The molecule has 0 atom stereocenters. The molecule has 35 heavy (non-hydrogen) atoms. The molecule has 4 N–H and O–H groups in total. The molecule has 1 aliphatic rings. The van der Waals surface area contributed by atoms with Crippen molar-refractivity contribution in [1.29, 1.82) is 0 Å². The number of aryl methyl sites for hydroxylation is 1. The van der Waals surface area contributed by atoms with E-state index in [9.17, 15) is 14.7 Å². The SMILES string of the molecule is Cc1ccc(NC(=O)c2cccc(N3C=C(NC(=O)N(CCO)c4ccccc4Cl)CN3)c2)cn1. The summed E-state index contributed by atoms with van der Waals surface area (Å²) < 4.78 is 0. The number of carbonyl (C=O) groups is 2. The zero-order valence-electron chi connectivity index (χ0n) is 19.0. The third-order valence-corrected chi connectivity index (χ3v) is 5.58. The van der Waals surface area contributed by atoms with Crippen LogP contribution >= 0.6 is 11.6 Å². The number of aromatic nitrogens is 1. The summed E-state index contributed by atoms with van der Waals surface area (Å²) in [6, 6.07) is 17.3. The molecular formula is C25H25ClN6O3. The standard InChI is InChI=1S/C25H25ClN6O3/c1-17-9-10-19(14-27-17)29-24(34)18-5-4-6-21(13-18)32-16-20(15-28-32)30-25(35)31(11-12-33)23-8-3-2-7-22(23)26/h2-10,13-14,16,28,33H,11-12,15H2,1H3,(H,29,34)(H,30,35). The van der Waals surface area contributed by atoms with Crippen molar-refractivity contribution in [1.82, 2.24) is 15.7 Å². The molecule has 0 saturated carbocycles. The summed E-state index contributed by atoms with van der Waals surface area (Å²) in [4.78, 5) is 31.2. The number of rotatable bonds is 7. The van der Waals surface area contributed by atoms with E-state index in [-0.39, 0.29) is 19.1 Å². The fraction of sp³-hybridized carbons (Fsp3) is 0.160. The number of hydrogen-bond acceptors (Lipinski definition) is 6. The summed E-state index contributed by atoms with van der Waals surface area (Å²) >= 11 is 6.24. The molecule has 0 saturated heterocycles. The third-order valence-electron chi connectivity index (χ3n) is 5.26. The van der Waals surface area contributed by atoms with E-state index in [0.29, 0.717) is 34.2 Å². The normalized spacial score (nSPS) is 12.8. The topological polar surface area (TPSA) is 110 Å². The second kappa shape index (κ2) is 11.0. The van der Waals surface area contributed by atoms with Crippen LogP contribution in [0, 0.1) is 6.92 Å². The van der Waals surface area contributed by atoms with Crippen LogP contribution in [-0.2, 0) is 0 Å². The number of hydrogen-bond donors (Lipinski definition) is 4. The number of benzene rings is 2. The van der Waals surface area contributed by atoms with E-state index in [1.807, 2.05) is 19.1 Å². The second-order valence-corrected chi connectivity index (χ2v) is 8.22. The van der Waals surface area contributed by atoms with Crippen molar-refractivity contribution >= 4 is 40.6 Å². The van der Waals surface area contributed by atoms with Gasteiger partial charge in [0.05, 0.1) is 53.7 Å². The Morgan fingerprint density at radius 2 is 1.97 bits per heavy atom. The Labute approximate surface area is 208 Å². The number of nitrogens with one attached hydrogen (secondary N) is 3. The Hall–Kier alpha value is -3.92. The van der Waals surface area contributed by atoms with Crippen LogP contribution in [0.4, 0.5) is 21.9 Å². The van der Waals surface area contributed by atoms with E-state index in [4.69, 9.17) is 11.6 Å². The number of anilines is 3. The molecule has 10 heteroatoms. The lowest BCUT2D eigenvalue weighted by molar-refractivity contribution is 0.102. The van der Waals surface area contributed by atoms with E-state index in [1.165, 1.54) is 4.90 Å². The van der Waals surface area contributed by atoms with Gasteiger partial charge in [0.25, 0.3) is 5.91 Å². The Balaban J connectivity index is 1.44. The highest BCUT2D eigenvalue weighted by Gasteiger charge is 2.22. The van der Waals surface area contributed by atoms with Crippen molar-refractivity contribution in [2.45, 2.75) is 6.92 Å². The fourth-order valence-corrected chi connectivity index (χ4v) is 3.75. The number of pyridine rings is 1. The Kier molecular flexibility index (Phi) is 7.61. The first-order valence-electron chi connectivity index (χ1n) is 11.0. The third kappa shape index (κ3) is 5.96. The van der Waals surface area contributed by atoms with Crippen LogP contribution in [-0.4, -0.2) is 41.7 Å². The molecule has 2 aromatic carbocycles. The highest BCUT2D eigenvalue weighted by molar-refractivity contribution is 6.33. The van der Waals surface area contributed by atoms with Gasteiger partial charge < -0.3 is 15.7 Å². The van der Waals surface area contributed by atoms with E-state index < -0.39 is 6.03 Å². The monoisotopic (exact) mass is 492 g/mol. The summed E-state index contributed by atoms with van der Waals surface area (Å²) in [5, 5.41) is 17.3. The van der Waals surface area contributed by atoms with Gasteiger partial charge in [-0.05, 0) is 49.4 Å². The molecule has 4 rings (SSSR count). The summed E-state index contributed by atoms with van der Waals surface area (Å²) in [7, 11) is 0. The predicted octanol–water partition coefficient (Wildman–Crippen LogP) is 3.67. The van der Waals surface area contributed by atoms with Gasteiger partial charge in [-0.25, -0.2) is 10.2 Å². The minimum absolute atomic E-state index is 0.0909. The van der Waals surface area contributed by atoms with Gasteiger partial charge in [-0.3, -0.25) is 19.7 Å². The predicted molar refractivity (Wildman–Crippen MR) is 136 cm³/mol. The quantitative estimate of drug-likeness (QED) is 0.400. The Morgan fingerprint density at radius 1 is 1.14 bits per heavy atom. The van der Waals surface area contributed by atoms with Gasteiger partial charge >= 0.3 is 6.03 Å². The van der Waals surface area contributed by atoms with E-state index in [1.54, 1.807) is 65.9 Å². The average molecular weight is 493 g/mol. The van der Waals surface area contributed by atoms with Gasteiger partial charge in [0.15, 0.2) is 0 Å². The fourth-order valence-electron chi connectivity index (χ4n) is 3.51. The van der Waals surface area contributed by atoms with Crippen molar-refractivity contribution in [2.75, 3.05) is 34.9 Å². The van der Waals surface area contributed by atoms with Gasteiger partial charge in [0, 0.05) is 17.5 Å². The number of hydrazine groups is 1. The van der Waals surface area contributed by atoms with Gasteiger partial charge in [0.1, 0.15) is 0 Å². The van der Waals surface area contributed by atoms with Crippen molar-refractivity contribution < 1.29 is 14.7 Å². The summed E-state index contributed by atoms with van der Waals surface area (Å²) in [6.45, 7) is 2.12. The Bertz CT molecular complexity index is 1250. The van der Waals surface area contributed by atoms with Crippen LogP contribution in [0.3, 0.4) is 0 Å². The molecule has 0 bridgehead atoms. The maximum absolute atomic E-state index is 12.9. The maximum atomic E-state index is 12.9. The first-order valence-corrected chi connectivity index (χ1v) is 11.3. The van der Waals surface area contributed by atoms with Crippen LogP contribution in [0.1, 0.15) is 16.1 Å². The number of carbonyl (C=O) groups excluding carboxylic acids is 2. The van der Waals surface area contributed by atoms with Gasteiger partial charge in [-0.1, -0.05) is 29.8 Å². The lowest BCUT2D eigenvalue weighted by Crippen LogP contribution is -2.42. The molecule has 3 aromatic rings. The number of aliphatic hydroxyl groups is 1. The zero-order valence-corrected chi connectivity index (χ0v) is 19.8. The maximum Gasteiger partial charge on any atom is 0.326 e. The zero-order chi connectivity index (χ0) is 24.8. The molecule has 1 aromatic heterocycles. The van der Waals surface area contributed by atoms with Gasteiger partial charge in [0.2, 0.25) is 0 Å². The van der Waals surface area contributed by atoms with Crippen molar-refractivity contribution in [2.24, 2.45) is 0 Å². The van der Waals surface area contributed by atoms with Gasteiger partial charge in [-0.2, -0.15) is 0 Å². The molecule has 0 aliphatic carbocycles. The Morgan fingerprint density at radius 3 is 2.71 bits per heavy atom. The summed E-state index contributed by atoms with van der Waals surface area (Å²) in [5.74, 6) is -0.256. The molecule has 2 heterocycles. The van der Waals surface area contributed by atoms with Crippen LogP contribution in [0.2, 0.25) is 5.02 Å². The largest absolute Gasteiger partial charge is 0.395 e. The number of nitrogens with zero attached hydrogens (tertiary/aromatic N) is 3. The average Bonchev–Trinajstić information content (AvgIpc) is 3.33. The minimum Gasteiger partial charge on any atom is -0.395 e. The van der Waals surface area contributed by atoms with E-state index in [2.05, 4.69) is 21.0 Å². The van der Waals surface area contributed by atoms with E-state index >= 15 is 0 Å². The molecule has 180 valence electrons. The smallest absolute Gasteiger partial charge is 0.326 e. The second-order valence-electron chi connectivity index (χ2n) is 7.81. The number of halogens is 1. The number of urea groups is 1. The highest BCUT2D eigenvalue weighted by Crippen LogP contribution is 2.25. The lowest BCUT2D eigenvalue weighted by atomic mass is 10.2. The molecular weight excluding hydrogens is 468 g/mol. The summed E-state index contributed by atoms with van der Waals surface area (Å²) in [5.41, 5.74) is 6.96. The number of para-hydroxylation sites is 1. The molecule has 0 unspecified atom stereocenters. The molecule has 1 aliphatic heterocycles. The highest BCUT2D eigenvalue weighted by atomic mass is 35.5. The van der Waals surface area contributed by atoms with Crippen molar-refractivity contribution in [3.05, 3.63) is 95.0 Å². The van der Waals surface area contributed by atoms with Gasteiger partial charge in [-0.15, -0.1) is 0 Å². The van der Waals surface area contributed by atoms with Crippen LogP contribution in [0.15, 0.2) is 78.8 Å². The number of amides is 3. The molecule has 0 spiro atoms. The molecule has 9 nitrogen and oxygen atoms in total. The van der Waals surface area contributed by atoms with Crippen LogP contribution < -0.4 is 26.0 Å². The first-order chi connectivity index (χ1) is 16.9. The molecule has 0 radical (unpaired) electrons. The van der Waals surface area contributed by atoms with Crippen molar-refractivity contribution in [3.8, 4) is 0 Å².